The first kappa shape index (κ1) is 22.8. The zero-order valence-electron chi connectivity index (χ0n) is 17.5. The quantitative estimate of drug-likeness (QED) is 0.552. The van der Waals surface area contributed by atoms with Crippen molar-refractivity contribution in [2.24, 2.45) is 0 Å². The first-order valence-corrected chi connectivity index (χ1v) is 10.9. The van der Waals surface area contributed by atoms with Crippen LogP contribution in [0.4, 0.5) is 8.78 Å². The van der Waals surface area contributed by atoms with E-state index < -0.39 is 17.2 Å². The van der Waals surface area contributed by atoms with E-state index in [1.165, 1.54) is 23.4 Å². The second-order valence-electron chi connectivity index (χ2n) is 8.17. The zero-order valence-corrected chi connectivity index (χ0v) is 18.3. The van der Waals surface area contributed by atoms with Crippen molar-refractivity contribution in [1.82, 2.24) is 19.7 Å². The Labute approximate surface area is 190 Å². The predicted molar refractivity (Wildman–Crippen MR) is 116 cm³/mol. The molecule has 2 heterocycles. The highest BCUT2D eigenvalue weighted by atomic mass is 35.5. The second kappa shape index (κ2) is 10.0. The van der Waals surface area contributed by atoms with Gasteiger partial charge in [-0.05, 0) is 36.6 Å². The normalized spacial score (nSPS) is 17.4. The van der Waals surface area contributed by atoms with E-state index in [-0.39, 0.29) is 24.8 Å². The smallest absolute Gasteiger partial charge is 0.137 e. The van der Waals surface area contributed by atoms with Crippen molar-refractivity contribution in [1.29, 1.82) is 0 Å². The molecule has 0 amide bonds. The highest BCUT2D eigenvalue weighted by molar-refractivity contribution is 6.30. The molecular weight excluding hydrogens is 438 g/mol. The third-order valence-electron chi connectivity index (χ3n) is 5.72. The summed E-state index contributed by atoms with van der Waals surface area (Å²) in [5, 5.41) is 16.2. The molecule has 2 aromatic carbocycles. The number of rotatable bonds is 8. The van der Waals surface area contributed by atoms with E-state index in [0.29, 0.717) is 24.7 Å². The van der Waals surface area contributed by atoms with E-state index in [9.17, 15) is 13.9 Å². The number of piperidine rings is 1. The summed E-state index contributed by atoms with van der Waals surface area (Å²) in [7, 11) is 0. The largest absolute Gasteiger partial charge is 0.382 e. The van der Waals surface area contributed by atoms with Crippen LogP contribution in [0.5, 0.6) is 0 Å². The molecule has 1 saturated heterocycles. The fourth-order valence-corrected chi connectivity index (χ4v) is 4.33. The van der Waals surface area contributed by atoms with E-state index >= 15 is 0 Å². The van der Waals surface area contributed by atoms with E-state index in [0.717, 1.165) is 30.5 Å². The Morgan fingerprint density at radius 1 is 1.12 bits per heavy atom. The Kier molecular flexibility index (Phi) is 7.15. The van der Waals surface area contributed by atoms with Crippen molar-refractivity contribution in [3.05, 3.63) is 82.9 Å². The molecule has 9 heteroatoms. The molecule has 0 aliphatic carbocycles. The summed E-state index contributed by atoms with van der Waals surface area (Å²) in [6.07, 6.45) is 4.47. The molecule has 0 saturated carbocycles. The number of hydrogen-bond donors (Lipinski definition) is 1. The van der Waals surface area contributed by atoms with Gasteiger partial charge in [-0.2, -0.15) is 5.10 Å². The van der Waals surface area contributed by atoms with Gasteiger partial charge in [0, 0.05) is 36.3 Å². The van der Waals surface area contributed by atoms with Gasteiger partial charge in [-0.15, -0.1) is 0 Å². The number of aromatic nitrogens is 3. The Bertz CT molecular complexity index is 1030. The van der Waals surface area contributed by atoms with Gasteiger partial charge in [0.1, 0.15) is 29.9 Å². The van der Waals surface area contributed by atoms with E-state index in [2.05, 4.69) is 15.0 Å². The number of ether oxygens (including phenoxy) is 1. The standard InChI is InChI=1S/C23H25ClF2N4O2/c24-18-3-1-2-17(10-18)12-32-20-6-8-29(9-7-20)13-23(31,14-30-16-27-15-28-30)21-5-4-19(25)11-22(21)26/h1-5,10-11,15-16,20,31H,6-9,12-14H2. The van der Waals surface area contributed by atoms with Crippen LogP contribution in [0.15, 0.2) is 55.1 Å². The lowest BCUT2D eigenvalue weighted by atomic mass is 9.91. The van der Waals surface area contributed by atoms with E-state index in [1.54, 1.807) is 0 Å². The summed E-state index contributed by atoms with van der Waals surface area (Å²) in [4.78, 5) is 5.96. The van der Waals surface area contributed by atoms with Gasteiger partial charge < -0.3 is 9.84 Å². The van der Waals surface area contributed by atoms with Crippen LogP contribution in [-0.4, -0.2) is 50.5 Å². The summed E-state index contributed by atoms with van der Waals surface area (Å²) in [6.45, 7) is 2.03. The van der Waals surface area contributed by atoms with Crippen LogP contribution in [0, 0.1) is 11.6 Å². The van der Waals surface area contributed by atoms with Crippen molar-refractivity contribution in [3.8, 4) is 0 Å². The number of halogens is 3. The number of benzene rings is 2. The lowest BCUT2D eigenvalue weighted by molar-refractivity contribution is -0.0489. The summed E-state index contributed by atoms with van der Waals surface area (Å²) >= 11 is 6.02. The minimum Gasteiger partial charge on any atom is -0.382 e. The van der Waals surface area contributed by atoms with Crippen LogP contribution in [0.1, 0.15) is 24.0 Å². The molecule has 0 spiro atoms. The molecule has 1 aliphatic rings. The third kappa shape index (κ3) is 5.69. The minimum atomic E-state index is -1.60. The molecule has 3 aromatic rings. The molecule has 1 aliphatic heterocycles. The van der Waals surface area contributed by atoms with Gasteiger partial charge in [0.05, 0.1) is 19.3 Å². The molecule has 32 heavy (non-hydrogen) atoms. The van der Waals surface area contributed by atoms with E-state index in [4.69, 9.17) is 16.3 Å². The topological polar surface area (TPSA) is 63.4 Å². The highest BCUT2D eigenvalue weighted by Gasteiger charge is 2.36. The maximum absolute atomic E-state index is 14.6. The molecule has 1 N–H and O–H groups in total. The molecule has 6 nitrogen and oxygen atoms in total. The van der Waals surface area contributed by atoms with Crippen molar-refractivity contribution in [2.75, 3.05) is 19.6 Å². The van der Waals surface area contributed by atoms with Crippen LogP contribution in [0.25, 0.3) is 0 Å². The lowest BCUT2D eigenvalue weighted by Gasteiger charge is -2.38. The first-order chi connectivity index (χ1) is 15.4. The van der Waals surface area contributed by atoms with Crippen LogP contribution in [0.2, 0.25) is 5.02 Å². The third-order valence-corrected chi connectivity index (χ3v) is 5.95. The predicted octanol–water partition coefficient (Wildman–Crippen LogP) is 3.78. The van der Waals surface area contributed by atoms with Crippen molar-refractivity contribution >= 4 is 11.6 Å². The SMILES string of the molecule is OC(CN1CCC(OCc2cccc(Cl)c2)CC1)(Cn1cncn1)c1ccc(F)cc1F. The van der Waals surface area contributed by atoms with Gasteiger partial charge in [-0.1, -0.05) is 29.8 Å². The van der Waals surface area contributed by atoms with Gasteiger partial charge in [-0.3, -0.25) is 4.90 Å². The van der Waals surface area contributed by atoms with Gasteiger partial charge in [-0.25, -0.2) is 18.4 Å². The first-order valence-electron chi connectivity index (χ1n) is 10.5. The summed E-state index contributed by atoms with van der Waals surface area (Å²) in [5.41, 5.74) is -0.539. The summed E-state index contributed by atoms with van der Waals surface area (Å²) < 4.78 is 35.5. The zero-order chi connectivity index (χ0) is 22.6. The molecule has 4 rings (SSSR count). The minimum absolute atomic E-state index is 0.000742. The molecule has 170 valence electrons. The van der Waals surface area contributed by atoms with Crippen LogP contribution < -0.4 is 0 Å². The highest BCUT2D eigenvalue weighted by Crippen LogP contribution is 2.29. The lowest BCUT2D eigenvalue weighted by Crippen LogP contribution is -2.48. The van der Waals surface area contributed by atoms with Crippen molar-refractivity contribution in [2.45, 2.75) is 37.7 Å². The number of nitrogens with zero attached hydrogens (tertiary/aromatic N) is 4. The van der Waals surface area contributed by atoms with Crippen molar-refractivity contribution < 1.29 is 18.6 Å². The molecule has 1 aromatic heterocycles. The van der Waals surface area contributed by atoms with Gasteiger partial charge in [0.25, 0.3) is 0 Å². The Morgan fingerprint density at radius 3 is 2.62 bits per heavy atom. The van der Waals surface area contributed by atoms with Crippen molar-refractivity contribution in [3.63, 3.8) is 0 Å². The number of β-amino-alcohol motifs (C(OH)–C–C–N with tert-alkyl or cyclic N) is 1. The van der Waals surface area contributed by atoms with E-state index in [1.807, 2.05) is 24.3 Å². The Hall–Kier alpha value is -2.39. The number of hydrogen-bond acceptors (Lipinski definition) is 5. The number of aliphatic hydroxyl groups is 1. The molecule has 0 radical (unpaired) electrons. The van der Waals surface area contributed by atoms with Gasteiger partial charge in [0.15, 0.2) is 0 Å². The number of likely N-dealkylation sites (tertiary alicyclic amines) is 1. The fraction of sp³-hybridized carbons (Fsp3) is 0.391. The second-order valence-corrected chi connectivity index (χ2v) is 8.60. The molecule has 0 bridgehead atoms. The maximum Gasteiger partial charge on any atom is 0.137 e. The van der Waals surface area contributed by atoms with Crippen LogP contribution >= 0.6 is 11.6 Å². The fourth-order valence-electron chi connectivity index (χ4n) is 4.11. The molecule has 1 fully saturated rings. The van der Waals surface area contributed by atoms with Gasteiger partial charge in [0.2, 0.25) is 0 Å². The van der Waals surface area contributed by atoms with Gasteiger partial charge >= 0.3 is 0 Å². The molecule has 1 unspecified atom stereocenters. The Morgan fingerprint density at radius 2 is 1.94 bits per heavy atom. The molecular formula is C23H25ClF2N4O2. The summed E-state index contributed by atoms with van der Waals surface area (Å²) in [5.74, 6) is -1.47. The molecule has 1 atom stereocenters. The Balaban J connectivity index is 1.39. The van der Waals surface area contributed by atoms with Crippen LogP contribution in [-0.2, 0) is 23.5 Å². The monoisotopic (exact) mass is 462 g/mol. The average molecular weight is 463 g/mol. The summed E-state index contributed by atoms with van der Waals surface area (Å²) in [6, 6.07) is 10.8. The maximum atomic E-state index is 14.6. The van der Waals surface area contributed by atoms with Crippen LogP contribution in [0.3, 0.4) is 0 Å². The average Bonchev–Trinajstić information content (AvgIpc) is 3.26.